The molecule has 0 saturated heterocycles. The first-order valence-corrected chi connectivity index (χ1v) is 4.62. The van der Waals surface area contributed by atoms with Crippen LogP contribution < -0.4 is 0 Å². The predicted molar refractivity (Wildman–Crippen MR) is 56.9 cm³/mol. The standard InChI is InChI=1S/C12H12N2/c1-9-7-10(2)14-8-11(9)12-5-3-4-6-13-12/h3-8H,1-2H3. The summed E-state index contributed by atoms with van der Waals surface area (Å²) in [5, 5.41) is 0. The average molecular weight is 184 g/mol. The highest BCUT2D eigenvalue weighted by Gasteiger charge is 2.02. The molecule has 0 atom stereocenters. The number of nitrogens with zero attached hydrogens (tertiary/aromatic N) is 2. The van der Waals surface area contributed by atoms with Gasteiger partial charge in [-0.3, -0.25) is 9.97 Å². The summed E-state index contributed by atoms with van der Waals surface area (Å²) >= 11 is 0. The van der Waals surface area contributed by atoms with Crippen molar-refractivity contribution in [2.24, 2.45) is 0 Å². The molecular formula is C12H12N2. The lowest BCUT2D eigenvalue weighted by atomic mass is 10.1. The number of aromatic nitrogens is 2. The molecule has 0 fully saturated rings. The molecule has 2 heteroatoms. The van der Waals surface area contributed by atoms with Gasteiger partial charge in [-0.1, -0.05) is 6.07 Å². The summed E-state index contributed by atoms with van der Waals surface area (Å²) in [7, 11) is 0. The monoisotopic (exact) mass is 184 g/mol. The maximum absolute atomic E-state index is 4.30. The Labute approximate surface area is 83.7 Å². The first-order valence-electron chi connectivity index (χ1n) is 4.62. The zero-order valence-corrected chi connectivity index (χ0v) is 8.36. The minimum atomic E-state index is 0.984. The smallest absolute Gasteiger partial charge is 0.0720 e. The van der Waals surface area contributed by atoms with Crippen LogP contribution in [0.25, 0.3) is 11.3 Å². The molecule has 0 aliphatic heterocycles. The Balaban J connectivity index is 2.53. The molecule has 2 aromatic rings. The molecule has 2 aromatic heterocycles. The lowest BCUT2D eigenvalue weighted by Crippen LogP contribution is -1.89. The van der Waals surface area contributed by atoms with Crippen molar-refractivity contribution < 1.29 is 0 Å². The van der Waals surface area contributed by atoms with E-state index in [1.165, 1.54) is 5.56 Å². The van der Waals surface area contributed by atoms with E-state index in [0.29, 0.717) is 0 Å². The van der Waals surface area contributed by atoms with E-state index in [1.807, 2.05) is 31.3 Å². The van der Waals surface area contributed by atoms with E-state index >= 15 is 0 Å². The lowest BCUT2D eigenvalue weighted by Gasteiger charge is -2.04. The van der Waals surface area contributed by atoms with E-state index in [2.05, 4.69) is 23.0 Å². The van der Waals surface area contributed by atoms with Crippen LogP contribution in [0.15, 0.2) is 36.7 Å². The first-order chi connectivity index (χ1) is 6.77. The van der Waals surface area contributed by atoms with Crippen LogP contribution in [-0.2, 0) is 0 Å². The molecule has 0 N–H and O–H groups in total. The van der Waals surface area contributed by atoms with E-state index < -0.39 is 0 Å². The molecule has 0 aliphatic rings. The molecule has 0 spiro atoms. The second-order valence-corrected chi connectivity index (χ2v) is 3.36. The Kier molecular flexibility index (Phi) is 2.27. The van der Waals surface area contributed by atoms with E-state index in [0.717, 1.165) is 17.0 Å². The Hall–Kier alpha value is -1.70. The summed E-state index contributed by atoms with van der Waals surface area (Å²) < 4.78 is 0. The fourth-order valence-corrected chi connectivity index (χ4v) is 1.49. The SMILES string of the molecule is Cc1cc(C)c(-c2ccccn2)cn1. The molecule has 0 unspecified atom stereocenters. The summed E-state index contributed by atoms with van der Waals surface area (Å²) in [5.41, 5.74) is 4.35. The Morgan fingerprint density at radius 1 is 1.07 bits per heavy atom. The van der Waals surface area contributed by atoms with Crippen molar-refractivity contribution in [1.82, 2.24) is 9.97 Å². The Bertz CT molecular complexity index is 435. The second-order valence-electron chi connectivity index (χ2n) is 3.36. The van der Waals surface area contributed by atoms with Gasteiger partial charge in [0, 0.05) is 23.7 Å². The van der Waals surface area contributed by atoms with Gasteiger partial charge >= 0.3 is 0 Å². The van der Waals surface area contributed by atoms with Crippen LogP contribution >= 0.6 is 0 Å². The van der Waals surface area contributed by atoms with Gasteiger partial charge in [0.25, 0.3) is 0 Å². The molecule has 0 aromatic carbocycles. The van der Waals surface area contributed by atoms with Crippen molar-refractivity contribution in [3.05, 3.63) is 47.9 Å². The van der Waals surface area contributed by atoms with Crippen molar-refractivity contribution >= 4 is 0 Å². The van der Waals surface area contributed by atoms with Crippen molar-refractivity contribution in [1.29, 1.82) is 0 Å². The molecule has 14 heavy (non-hydrogen) atoms. The molecule has 0 radical (unpaired) electrons. The Morgan fingerprint density at radius 3 is 2.57 bits per heavy atom. The van der Waals surface area contributed by atoms with Gasteiger partial charge in [0.15, 0.2) is 0 Å². The molecule has 0 bridgehead atoms. The number of rotatable bonds is 1. The summed E-state index contributed by atoms with van der Waals surface area (Å²) in [6.07, 6.45) is 3.68. The summed E-state index contributed by atoms with van der Waals surface area (Å²) in [4.78, 5) is 8.58. The molecule has 2 nitrogen and oxygen atoms in total. The van der Waals surface area contributed by atoms with Crippen LogP contribution in [0.5, 0.6) is 0 Å². The second kappa shape index (κ2) is 3.58. The van der Waals surface area contributed by atoms with Crippen LogP contribution in [0.2, 0.25) is 0 Å². The summed E-state index contributed by atoms with van der Waals surface area (Å²) in [6, 6.07) is 7.98. The Morgan fingerprint density at radius 2 is 1.93 bits per heavy atom. The number of hydrogen-bond acceptors (Lipinski definition) is 2. The highest BCUT2D eigenvalue weighted by molar-refractivity contribution is 5.61. The third-order valence-corrected chi connectivity index (χ3v) is 2.19. The molecule has 0 aliphatic carbocycles. The van der Waals surface area contributed by atoms with Crippen molar-refractivity contribution in [3.8, 4) is 11.3 Å². The summed E-state index contributed by atoms with van der Waals surface area (Å²) in [6.45, 7) is 4.08. The highest BCUT2D eigenvalue weighted by Crippen LogP contribution is 2.19. The maximum atomic E-state index is 4.30. The number of hydrogen-bond donors (Lipinski definition) is 0. The fraction of sp³-hybridized carbons (Fsp3) is 0.167. The van der Waals surface area contributed by atoms with Gasteiger partial charge in [0.05, 0.1) is 5.69 Å². The largest absolute Gasteiger partial charge is 0.261 e. The first kappa shape index (κ1) is 8.88. The lowest BCUT2D eigenvalue weighted by molar-refractivity contribution is 1.17. The minimum Gasteiger partial charge on any atom is -0.261 e. The van der Waals surface area contributed by atoms with Crippen LogP contribution in [0, 0.1) is 13.8 Å². The van der Waals surface area contributed by atoms with E-state index in [9.17, 15) is 0 Å². The topological polar surface area (TPSA) is 25.8 Å². The van der Waals surface area contributed by atoms with Gasteiger partial charge in [-0.2, -0.15) is 0 Å². The molecule has 70 valence electrons. The van der Waals surface area contributed by atoms with Crippen molar-refractivity contribution in [2.75, 3.05) is 0 Å². The zero-order valence-electron chi connectivity index (χ0n) is 8.36. The van der Waals surface area contributed by atoms with Gasteiger partial charge in [0.2, 0.25) is 0 Å². The molecule has 0 amide bonds. The van der Waals surface area contributed by atoms with Gasteiger partial charge in [-0.15, -0.1) is 0 Å². The molecule has 2 rings (SSSR count). The van der Waals surface area contributed by atoms with Crippen molar-refractivity contribution in [3.63, 3.8) is 0 Å². The van der Waals surface area contributed by atoms with E-state index in [4.69, 9.17) is 0 Å². The predicted octanol–water partition coefficient (Wildman–Crippen LogP) is 2.76. The van der Waals surface area contributed by atoms with Gasteiger partial charge in [-0.25, -0.2) is 0 Å². The van der Waals surface area contributed by atoms with Crippen LogP contribution in [0.4, 0.5) is 0 Å². The van der Waals surface area contributed by atoms with Crippen LogP contribution in [-0.4, -0.2) is 9.97 Å². The highest BCUT2D eigenvalue weighted by atomic mass is 14.7. The minimum absolute atomic E-state index is 0.984. The van der Waals surface area contributed by atoms with Crippen LogP contribution in [0.3, 0.4) is 0 Å². The quantitative estimate of drug-likeness (QED) is 0.681. The molecule has 0 saturated carbocycles. The summed E-state index contributed by atoms with van der Waals surface area (Å²) in [5.74, 6) is 0. The number of pyridine rings is 2. The molecular weight excluding hydrogens is 172 g/mol. The third-order valence-electron chi connectivity index (χ3n) is 2.19. The number of aryl methyl sites for hydroxylation is 2. The van der Waals surface area contributed by atoms with E-state index in [-0.39, 0.29) is 0 Å². The third kappa shape index (κ3) is 1.64. The normalized spacial score (nSPS) is 10.1. The van der Waals surface area contributed by atoms with Gasteiger partial charge in [0.1, 0.15) is 0 Å². The average Bonchev–Trinajstić information content (AvgIpc) is 2.19. The van der Waals surface area contributed by atoms with Crippen molar-refractivity contribution in [2.45, 2.75) is 13.8 Å². The van der Waals surface area contributed by atoms with Crippen LogP contribution in [0.1, 0.15) is 11.3 Å². The maximum Gasteiger partial charge on any atom is 0.0720 e. The fourth-order valence-electron chi connectivity index (χ4n) is 1.49. The zero-order chi connectivity index (χ0) is 9.97. The van der Waals surface area contributed by atoms with Gasteiger partial charge in [-0.05, 0) is 37.6 Å². The molecule has 2 heterocycles. The van der Waals surface area contributed by atoms with Gasteiger partial charge < -0.3 is 0 Å². The van der Waals surface area contributed by atoms with E-state index in [1.54, 1.807) is 6.20 Å².